The van der Waals surface area contributed by atoms with Crippen molar-refractivity contribution in [1.82, 2.24) is 24.5 Å². The Labute approximate surface area is 170 Å². The second kappa shape index (κ2) is 8.14. The van der Waals surface area contributed by atoms with Crippen LogP contribution in [0.15, 0.2) is 63.3 Å². The number of benzene rings is 2. The molecule has 4 aromatic rings. The number of hydrogen-bond acceptors (Lipinski definition) is 7. The zero-order valence-electron chi connectivity index (χ0n) is 16.0. The van der Waals surface area contributed by atoms with Crippen LogP contribution in [-0.2, 0) is 10.6 Å². The highest BCUT2D eigenvalue weighted by atomic mass is 32.2. The molecule has 2 aromatic heterocycles. The van der Waals surface area contributed by atoms with Gasteiger partial charge in [-0.15, -0.1) is 5.10 Å². The van der Waals surface area contributed by atoms with Gasteiger partial charge in [-0.25, -0.2) is 4.98 Å². The third-order valence-electron chi connectivity index (χ3n) is 4.57. The van der Waals surface area contributed by atoms with Gasteiger partial charge in [-0.05, 0) is 31.2 Å². The molecule has 9 heteroatoms. The van der Waals surface area contributed by atoms with Crippen LogP contribution < -0.4 is 11.1 Å². The van der Waals surface area contributed by atoms with E-state index in [-0.39, 0.29) is 23.0 Å². The molecular formula is C20H19N5O3S. The lowest BCUT2D eigenvalue weighted by atomic mass is 10.2. The average molecular weight is 409 g/mol. The molecule has 0 aliphatic rings. The molecule has 0 aliphatic heterocycles. The number of para-hydroxylation sites is 1. The smallest absolute Gasteiger partial charge is 0.278 e. The first-order valence-corrected chi connectivity index (χ1v) is 10.0. The van der Waals surface area contributed by atoms with E-state index < -0.39 is 0 Å². The highest BCUT2D eigenvalue weighted by Gasteiger charge is 2.17. The monoisotopic (exact) mass is 409 g/mol. The minimum Gasteiger partial charge on any atom is -0.383 e. The van der Waals surface area contributed by atoms with Gasteiger partial charge in [0.15, 0.2) is 5.16 Å². The van der Waals surface area contributed by atoms with Crippen molar-refractivity contribution < 1.29 is 4.74 Å². The third kappa shape index (κ3) is 3.66. The van der Waals surface area contributed by atoms with Crippen LogP contribution in [0.25, 0.3) is 21.8 Å². The van der Waals surface area contributed by atoms with Crippen molar-refractivity contribution in [2.45, 2.75) is 24.0 Å². The number of methoxy groups -OCH3 is 1. The Morgan fingerprint density at radius 3 is 2.38 bits per heavy atom. The molecule has 2 heterocycles. The van der Waals surface area contributed by atoms with Gasteiger partial charge in [0.2, 0.25) is 0 Å². The van der Waals surface area contributed by atoms with E-state index in [1.54, 1.807) is 42.0 Å². The molecule has 0 spiro atoms. The maximum Gasteiger partial charge on any atom is 0.278 e. The average Bonchev–Trinajstić information content (AvgIpc) is 2.74. The van der Waals surface area contributed by atoms with E-state index in [0.29, 0.717) is 33.6 Å². The summed E-state index contributed by atoms with van der Waals surface area (Å²) in [6, 6.07) is 14.1. The lowest BCUT2D eigenvalue weighted by molar-refractivity contribution is 0.156. The van der Waals surface area contributed by atoms with Gasteiger partial charge in [-0.1, -0.05) is 41.2 Å². The molecule has 0 bridgehead atoms. The molecule has 1 unspecified atom stereocenters. The summed E-state index contributed by atoms with van der Waals surface area (Å²) in [7, 11) is 1.59. The third-order valence-corrected chi connectivity index (χ3v) is 5.49. The van der Waals surface area contributed by atoms with Crippen molar-refractivity contribution >= 4 is 33.6 Å². The van der Waals surface area contributed by atoms with E-state index in [0.717, 1.165) is 0 Å². The summed E-state index contributed by atoms with van der Waals surface area (Å²) in [5.41, 5.74) is 0.785. The summed E-state index contributed by atoms with van der Waals surface area (Å²) >= 11 is 1.26. The van der Waals surface area contributed by atoms with Gasteiger partial charge in [-0.2, -0.15) is 4.68 Å². The number of nitrogens with zero attached hydrogens (tertiary/aromatic N) is 5. The van der Waals surface area contributed by atoms with E-state index in [4.69, 9.17) is 4.74 Å². The molecule has 0 saturated heterocycles. The molecular weight excluding hydrogens is 390 g/mol. The molecule has 29 heavy (non-hydrogen) atoms. The molecule has 0 radical (unpaired) electrons. The summed E-state index contributed by atoms with van der Waals surface area (Å²) in [5, 5.41) is 9.65. The molecule has 8 nitrogen and oxygen atoms in total. The number of thioether (sulfide) groups is 1. The Balaban J connectivity index is 1.76. The quantitative estimate of drug-likeness (QED) is 0.357. The topological polar surface area (TPSA) is 91.9 Å². The van der Waals surface area contributed by atoms with Gasteiger partial charge in [0.25, 0.3) is 11.1 Å². The van der Waals surface area contributed by atoms with Gasteiger partial charge in [0.1, 0.15) is 5.52 Å². The van der Waals surface area contributed by atoms with Crippen molar-refractivity contribution in [1.29, 1.82) is 0 Å². The predicted octanol–water partition coefficient (Wildman–Crippen LogP) is 2.46. The highest BCUT2D eigenvalue weighted by Crippen LogP contribution is 2.22. The first-order chi connectivity index (χ1) is 14.1. The van der Waals surface area contributed by atoms with E-state index in [9.17, 15) is 9.59 Å². The molecule has 1 atom stereocenters. The summed E-state index contributed by atoms with van der Waals surface area (Å²) in [5.74, 6) is 0.182. The number of aromatic nitrogens is 5. The Morgan fingerprint density at radius 2 is 1.66 bits per heavy atom. The predicted molar refractivity (Wildman–Crippen MR) is 112 cm³/mol. The number of ether oxygens (including phenoxy) is 1. The number of hydrogen-bond donors (Lipinski definition) is 0. The second-order valence-corrected chi connectivity index (χ2v) is 7.49. The first kappa shape index (κ1) is 19.3. The van der Waals surface area contributed by atoms with Gasteiger partial charge in [-0.3, -0.25) is 14.2 Å². The van der Waals surface area contributed by atoms with Gasteiger partial charge < -0.3 is 4.74 Å². The van der Waals surface area contributed by atoms with E-state index >= 15 is 0 Å². The van der Waals surface area contributed by atoms with Crippen LogP contribution in [0.4, 0.5) is 0 Å². The fraction of sp³-hybridized carbons (Fsp3) is 0.250. The van der Waals surface area contributed by atoms with E-state index in [1.807, 2.05) is 25.1 Å². The van der Waals surface area contributed by atoms with E-state index in [2.05, 4.69) is 15.3 Å². The SMILES string of the molecule is COCC(C)n1c(SCn2nnc3ccccc3c2=O)nc2ccccc2c1=O. The summed E-state index contributed by atoms with van der Waals surface area (Å²) in [6.45, 7) is 2.26. The lowest BCUT2D eigenvalue weighted by Gasteiger charge is -2.18. The maximum absolute atomic E-state index is 13.1. The van der Waals surface area contributed by atoms with Gasteiger partial charge >= 0.3 is 0 Å². The maximum atomic E-state index is 13.1. The highest BCUT2D eigenvalue weighted by molar-refractivity contribution is 7.98. The van der Waals surface area contributed by atoms with Crippen molar-refractivity contribution in [2.24, 2.45) is 0 Å². The normalized spacial score (nSPS) is 12.5. The minimum absolute atomic E-state index is 0.139. The second-order valence-electron chi connectivity index (χ2n) is 6.58. The lowest BCUT2D eigenvalue weighted by Crippen LogP contribution is -2.29. The zero-order chi connectivity index (χ0) is 20.4. The van der Waals surface area contributed by atoms with Crippen molar-refractivity contribution in [3.8, 4) is 0 Å². The molecule has 0 saturated carbocycles. The van der Waals surface area contributed by atoms with Crippen molar-refractivity contribution in [2.75, 3.05) is 13.7 Å². The van der Waals surface area contributed by atoms with Crippen LogP contribution in [0.1, 0.15) is 13.0 Å². The Kier molecular flexibility index (Phi) is 5.41. The molecule has 4 rings (SSSR count). The molecule has 0 amide bonds. The van der Waals surface area contributed by atoms with Crippen LogP contribution in [0, 0.1) is 0 Å². The zero-order valence-corrected chi connectivity index (χ0v) is 16.8. The fourth-order valence-corrected chi connectivity index (χ4v) is 4.13. The van der Waals surface area contributed by atoms with Crippen molar-refractivity contribution in [3.63, 3.8) is 0 Å². The first-order valence-electron chi connectivity index (χ1n) is 9.05. The van der Waals surface area contributed by atoms with Crippen LogP contribution in [0.5, 0.6) is 0 Å². The Bertz CT molecular complexity index is 1300. The van der Waals surface area contributed by atoms with Crippen LogP contribution in [0.2, 0.25) is 0 Å². The van der Waals surface area contributed by atoms with Crippen LogP contribution in [0.3, 0.4) is 0 Å². The molecule has 0 aliphatic carbocycles. The van der Waals surface area contributed by atoms with Crippen LogP contribution >= 0.6 is 11.8 Å². The van der Waals surface area contributed by atoms with Gasteiger partial charge in [0.05, 0.1) is 34.8 Å². The molecule has 148 valence electrons. The fourth-order valence-electron chi connectivity index (χ4n) is 3.16. The number of fused-ring (bicyclic) bond motifs is 2. The summed E-state index contributed by atoms with van der Waals surface area (Å²) in [4.78, 5) is 30.4. The molecule has 0 fully saturated rings. The Morgan fingerprint density at radius 1 is 1.00 bits per heavy atom. The molecule has 0 N–H and O–H groups in total. The minimum atomic E-state index is -0.234. The van der Waals surface area contributed by atoms with Gasteiger partial charge in [0, 0.05) is 7.11 Å². The largest absolute Gasteiger partial charge is 0.383 e. The Hall–Kier alpha value is -3.04. The summed E-state index contributed by atoms with van der Waals surface area (Å²) in [6.07, 6.45) is 0. The van der Waals surface area contributed by atoms with E-state index in [1.165, 1.54) is 16.4 Å². The standard InChI is InChI=1S/C20H19N5O3S/c1-13(11-28-2)25-19(27)14-7-3-5-9-16(14)21-20(25)29-12-24-18(26)15-8-4-6-10-17(15)22-23-24/h3-10,13H,11-12H2,1-2H3. The molecule has 2 aromatic carbocycles. The van der Waals surface area contributed by atoms with Crippen LogP contribution in [-0.4, -0.2) is 38.3 Å². The number of rotatable bonds is 6. The summed E-state index contributed by atoms with van der Waals surface area (Å²) < 4.78 is 8.12. The van der Waals surface area contributed by atoms with Crippen molar-refractivity contribution in [3.05, 3.63) is 69.2 Å².